The molecule has 0 saturated carbocycles. The minimum absolute atomic E-state index is 0.119. The lowest BCUT2D eigenvalue weighted by atomic mass is 9.98. The third kappa shape index (κ3) is 4.24. The van der Waals surface area contributed by atoms with Gasteiger partial charge < -0.3 is 10.2 Å². The lowest BCUT2D eigenvalue weighted by molar-refractivity contribution is -0.121. The van der Waals surface area contributed by atoms with Crippen LogP contribution in [0.15, 0.2) is 59.5 Å². The fraction of sp³-hybridized carbons (Fsp3) is 0.364. The number of nitrogens with zero attached hydrogens (tertiary/aromatic N) is 2. The van der Waals surface area contributed by atoms with Gasteiger partial charge in [0.1, 0.15) is 0 Å². The summed E-state index contributed by atoms with van der Waals surface area (Å²) < 4.78 is 27.1. The Labute approximate surface area is 176 Å². The molecule has 0 bridgehead atoms. The third-order valence-electron chi connectivity index (χ3n) is 5.66. The van der Waals surface area contributed by atoms with Gasteiger partial charge in [0.25, 0.3) is 0 Å². The normalized spacial score (nSPS) is 20.3. The van der Waals surface area contributed by atoms with Crippen LogP contribution in [0.3, 0.4) is 0 Å². The van der Waals surface area contributed by atoms with Crippen molar-refractivity contribution in [3.63, 3.8) is 0 Å². The maximum absolute atomic E-state index is 12.9. The summed E-state index contributed by atoms with van der Waals surface area (Å²) in [5, 5.41) is 2.89. The molecule has 0 radical (unpaired) electrons. The second-order valence-electron chi connectivity index (χ2n) is 7.70. The van der Waals surface area contributed by atoms with Crippen molar-refractivity contribution in [2.24, 2.45) is 5.92 Å². The molecule has 7 nitrogen and oxygen atoms in total. The van der Waals surface area contributed by atoms with Crippen LogP contribution in [0.4, 0.5) is 11.4 Å². The van der Waals surface area contributed by atoms with E-state index >= 15 is 0 Å². The summed E-state index contributed by atoms with van der Waals surface area (Å²) in [6, 6.07) is 15.5. The van der Waals surface area contributed by atoms with Crippen LogP contribution in [-0.2, 0) is 19.6 Å². The lowest BCUT2D eigenvalue weighted by Crippen LogP contribution is -2.43. The highest BCUT2D eigenvalue weighted by molar-refractivity contribution is 7.89. The smallest absolute Gasteiger partial charge is 0.243 e. The molecule has 0 aliphatic carbocycles. The topological polar surface area (TPSA) is 86.8 Å². The van der Waals surface area contributed by atoms with Crippen LogP contribution in [0, 0.1) is 5.92 Å². The van der Waals surface area contributed by atoms with Crippen LogP contribution in [-0.4, -0.2) is 44.2 Å². The Bertz CT molecular complexity index is 1020. The molecule has 0 aromatic heterocycles. The van der Waals surface area contributed by atoms with Crippen LogP contribution in [0.1, 0.15) is 25.7 Å². The standard InChI is InChI=1S/C22H25N3O4S/c26-21-9-5-15-25(21)19-12-10-18(11-13-19)23-22(27)17-6-4-14-24(16-17)30(28,29)20-7-2-1-3-8-20/h1-3,7-8,10-13,17H,4-6,9,14-16H2,(H,23,27)/t17-/m0/s1. The van der Waals surface area contributed by atoms with E-state index in [4.69, 9.17) is 0 Å². The average molecular weight is 428 g/mol. The minimum atomic E-state index is -3.61. The van der Waals surface area contributed by atoms with E-state index in [2.05, 4.69) is 5.32 Å². The van der Waals surface area contributed by atoms with Crippen molar-refractivity contribution in [3.8, 4) is 0 Å². The van der Waals surface area contributed by atoms with Gasteiger partial charge in [-0.2, -0.15) is 4.31 Å². The van der Waals surface area contributed by atoms with Crippen LogP contribution in [0.2, 0.25) is 0 Å². The number of hydrogen-bond acceptors (Lipinski definition) is 4. The molecule has 2 fully saturated rings. The number of hydrogen-bond donors (Lipinski definition) is 1. The number of amides is 2. The SMILES string of the molecule is O=C(Nc1ccc(N2CCCC2=O)cc1)[C@H]1CCCN(S(=O)(=O)c2ccccc2)C1. The van der Waals surface area contributed by atoms with E-state index < -0.39 is 15.9 Å². The van der Waals surface area contributed by atoms with E-state index in [1.807, 2.05) is 12.1 Å². The number of sulfonamides is 1. The number of benzene rings is 2. The predicted octanol–water partition coefficient (Wildman–Crippen LogP) is 2.85. The van der Waals surface area contributed by atoms with Gasteiger partial charge in [-0.1, -0.05) is 18.2 Å². The summed E-state index contributed by atoms with van der Waals surface area (Å²) in [7, 11) is -3.61. The van der Waals surface area contributed by atoms with E-state index in [-0.39, 0.29) is 23.3 Å². The van der Waals surface area contributed by atoms with Crippen molar-refractivity contribution in [1.82, 2.24) is 4.31 Å². The first kappa shape index (κ1) is 20.6. The van der Waals surface area contributed by atoms with Gasteiger partial charge in [0.2, 0.25) is 21.8 Å². The Kier molecular flexibility index (Phi) is 5.87. The molecule has 0 spiro atoms. The second kappa shape index (κ2) is 8.57. The zero-order valence-electron chi connectivity index (χ0n) is 16.7. The van der Waals surface area contributed by atoms with Crippen LogP contribution in [0.25, 0.3) is 0 Å². The van der Waals surface area contributed by atoms with E-state index in [0.717, 1.165) is 18.7 Å². The summed E-state index contributed by atoms with van der Waals surface area (Å²) >= 11 is 0. The van der Waals surface area contributed by atoms with Gasteiger partial charge in [-0.25, -0.2) is 8.42 Å². The van der Waals surface area contributed by atoms with Crippen LogP contribution in [0.5, 0.6) is 0 Å². The highest BCUT2D eigenvalue weighted by atomic mass is 32.2. The predicted molar refractivity (Wildman–Crippen MR) is 115 cm³/mol. The molecule has 4 rings (SSSR count). The summed E-state index contributed by atoms with van der Waals surface area (Å²) in [5.74, 6) is -0.473. The van der Waals surface area contributed by atoms with Gasteiger partial charge in [-0.3, -0.25) is 9.59 Å². The molecule has 30 heavy (non-hydrogen) atoms. The average Bonchev–Trinajstić information content (AvgIpc) is 3.21. The van der Waals surface area contributed by atoms with Crippen molar-refractivity contribution in [3.05, 3.63) is 54.6 Å². The van der Waals surface area contributed by atoms with E-state index in [1.165, 1.54) is 4.31 Å². The van der Waals surface area contributed by atoms with Crippen molar-refractivity contribution in [2.45, 2.75) is 30.6 Å². The Morgan fingerprint density at radius 3 is 2.37 bits per heavy atom. The molecule has 1 atom stereocenters. The number of carbonyl (C=O) groups is 2. The van der Waals surface area contributed by atoms with Gasteiger partial charge in [0.05, 0.1) is 10.8 Å². The molecule has 2 aromatic carbocycles. The summed E-state index contributed by atoms with van der Waals surface area (Å²) in [5.41, 5.74) is 1.46. The van der Waals surface area contributed by atoms with E-state index in [9.17, 15) is 18.0 Å². The molecule has 158 valence electrons. The maximum Gasteiger partial charge on any atom is 0.243 e. The molecule has 2 heterocycles. The van der Waals surface area contributed by atoms with Crippen molar-refractivity contribution in [2.75, 3.05) is 29.9 Å². The van der Waals surface area contributed by atoms with Crippen LogP contribution < -0.4 is 10.2 Å². The molecule has 8 heteroatoms. The summed E-state index contributed by atoms with van der Waals surface area (Å²) in [6.45, 7) is 1.31. The molecule has 2 saturated heterocycles. The Hall–Kier alpha value is -2.71. The molecule has 2 aliphatic rings. The number of carbonyl (C=O) groups excluding carboxylic acids is 2. The lowest BCUT2D eigenvalue weighted by Gasteiger charge is -2.31. The number of rotatable bonds is 5. The van der Waals surface area contributed by atoms with Gasteiger partial charge in [0.15, 0.2) is 0 Å². The minimum Gasteiger partial charge on any atom is -0.326 e. The molecule has 1 N–H and O–H groups in total. The first-order chi connectivity index (χ1) is 14.4. The van der Waals surface area contributed by atoms with Crippen molar-refractivity contribution >= 4 is 33.2 Å². The second-order valence-corrected chi connectivity index (χ2v) is 9.64. The zero-order chi connectivity index (χ0) is 21.1. The molecule has 2 aliphatic heterocycles. The Morgan fingerprint density at radius 1 is 0.967 bits per heavy atom. The number of anilines is 2. The Balaban J connectivity index is 1.40. The van der Waals surface area contributed by atoms with E-state index in [0.29, 0.717) is 31.5 Å². The fourth-order valence-corrected chi connectivity index (χ4v) is 5.55. The fourth-order valence-electron chi connectivity index (χ4n) is 4.01. The molecule has 0 unspecified atom stereocenters. The van der Waals surface area contributed by atoms with Gasteiger partial charge >= 0.3 is 0 Å². The highest BCUT2D eigenvalue weighted by Gasteiger charge is 2.33. The maximum atomic E-state index is 12.9. The van der Waals surface area contributed by atoms with Gasteiger partial charge in [0, 0.05) is 37.4 Å². The van der Waals surface area contributed by atoms with Crippen LogP contribution >= 0.6 is 0 Å². The monoisotopic (exact) mass is 427 g/mol. The molecule has 2 amide bonds. The number of nitrogens with one attached hydrogen (secondary N) is 1. The molecular weight excluding hydrogens is 402 g/mol. The van der Waals surface area contributed by atoms with Gasteiger partial charge in [-0.15, -0.1) is 0 Å². The first-order valence-corrected chi connectivity index (χ1v) is 11.7. The molecule has 2 aromatic rings. The summed E-state index contributed by atoms with van der Waals surface area (Å²) in [6.07, 6.45) is 2.72. The zero-order valence-corrected chi connectivity index (χ0v) is 17.5. The summed E-state index contributed by atoms with van der Waals surface area (Å²) in [4.78, 5) is 26.6. The van der Waals surface area contributed by atoms with Crippen molar-refractivity contribution in [1.29, 1.82) is 0 Å². The molecular formula is C22H25N3O4S. The first-order valence-electron chi connectivity index (χ1n) is 10.2. The third-order valence-corrected chi connectivity index (χ3v) is 7.54. The Morgan fingerprint density at radius 2 is 1.70 bits per heavy atom. The van der Waals surface area contributed by atoms with Gasteiger partial charge in [-0.05, 0) is 55.7 Å². The van der Waals surface area contributed by atoms with E-state index in [1.54, 1.807) is 47.4 Å². The number of piperidine rings is 1. The largest absolute Gasteiger partial charge is 0.326 e. The van der Waals surface area contributed by atoms with Crippen molar-refractivity contribution < 1.29 is 18.0 Å². The quantitative estimate of drug-likeness (QED) is 0.795. The highest BCUT2D eigenvalue weighted by Crippen LogP contribution is 2.26.